The minimum Gasteiger partial charge on any atom is -0.333 e. The van der Waals surface area contributed by atoms with E-state index >= 15 is 0 Å². The second-order valence-electron chi connectivity index (χ2n) is 6.83. The van der Waals surface area contributed by atoms with Crippen molar-refractivity contribution in [1.82, 2.24) is 9.80 Å². The van der Waals surface area contributed by atoms with Gasteiger partial charge in [0.25, 0.3) is 0 Å². The molecule has 0 aliphatic carbocycles. The Kier molecular flexibility index (Phi) is 8.52. The minimum absolute atomic E-state index is 0.00422. The summed E-state index contributed by atoms with van der Waals surface area (Å²) in [5, 5.41) is 2.06. The Labute approximate surface area is 166 Å². The van der Waals surface area contributed by atoms with Crippen LogP contribution in [0, 0.1) is 6.92 Å². The lowest BCUT2D eigenvalue weighted by molar-refractivity contribution is -0.141. The SMILES string of the molecule is CCCC(=O)N(CCC)CC(=O)N(Cc1ccccc1)Cc1sccc1C. The number of hydrogen-bond donors (Lipinski definition) is 0. The van der Waals surface area contributed by atoms with Gasteiger partial charge in [0.05, 0.1) is 13.1 Å². The van der Waals surface area contributed by atoms with Crippen molar-refractivity contribution in [2.24, 2.45) is 0 Å². The summed E-state index contributed by atoms with van der Waals surface area (Å²) in [5.41, 5.74) is 2.31. The zero-order chi connectivity index (χ0) is 19.6. The third kappa shape index (κ3) is 6.51. The first kappa shape index (κ1) is 21.2. The summed E-state index contributed by atoms with van der Waals surface area (Å²) in [6.45, 7) is 8.02. The monoisotopic (exact) mass is 386 g/mol. The number of benzene rings is 1. The molecule has 0 N–H and O–H groups in total. The number of thiophene rings is 1. The first-order valence-electron chi connectivity index (χ1n) is 9.67. The van der Waals surface area contributed by atoms with Gasteiger partial charge >= 0.3 is 0 Å². The second-order valence-corrected chi connectivity index (χ2v) is 7.83. The molecule has 5 heteroatoms. The van der Waals surface area contributed by atoms with Crippen molar-refractivity contribution in [3.63, 3.8) is 0 Å². The van der Waals surface area contributed by atoms with Crippen LogP contribution in [0.15, 0.2) is 41.8 Å². The first-order chi connectivity index (χ1) is 13.0. The van der Waals surface area contributed by atoms with Gasteiger partial charge in [0.15, 0.2) is 0 Å². The molecule has 0 aliphatic rings. The molecule has 0 atom stereocenters. The molecule has 0 spiro atoms. The fourth-order valence-corrected chi connectivity index (χ4v) is 3.89. The maximum Gasteiger partial charge on any atom is 0.242 e. The molecule has 1 aromatic carbocycles. The zero-order valence-electron chi connectivity index (χ0n) is 16.6. The maximum atomic E-state index is 13.1. The number of aryl methyl sites for hydroxylation is 1. The van der Waals surface area contributed by atoms with E-state index in [9.17, 15) is 9.59 Å². The normalized spacial score (nSPS) is 10.6. The number of nitrogens with zero attached hydrogens (tertiary/aromatic N) is 2. The van der Waals surface area contributed by atoms with E-state index in [0.29, 0.717) is 26.1 Å². The lowest BCUT2D eigenvalue weighted by Crippen LogP contribution is -2.42. The first-order valence-corrected chi connectivity index (χ1v) is 10.6. The average molecular weight is 387 g/mol. The van der Waals surface area contributed by atoms with Gasteiger partial charge in [0.2, 0.25) is 11.8 Å². The second kappa shape index (κ2) is 10.9. The van der Waals surface area contributed by atoms with E-state index in [1.54, 1.807) is 16.2 Å². The Balaban J connectivity index is 2.15. The Morgan fingerprint density at radius 3 is 2.26 bits per heavy atom. The summed E-state index contributed by atoms with van der Waals surface area (Å²) in [6, 6.07) is 12.1. The summed E-state index contributed by atoms with van der Waals surface area (Å²) in [6.07, 6.45) is 2.15. The maximum absolute atomic E-state index is 13.1. The molecule has 4 nitrogen and oxygen atoms in total. The number of rotatable bonds is 10. The van der Waals surface area contributed by atoms with Crippen LogP contribution in [0.25, 0.3) is 0 Å². The van der Waals surface area contributed by atoms with E-state index in [1.807, 2.05) is 49.1 Å². The molecule has 0 aliphatic heterocycles. The van der Waals surface area contributed by atoms with Crippen molar-refractivity contribution in [3.8, 4) is 0 Å². The van der Waals surface area contributed by atoms with Gasteiger partial charge in [-0.05, 0) is 42.3 Å². The van der Waals surface area contributed by atoms with Gasteiger partial charge in [-0.3, -0.25) is 9.59 Å². The third-order valence-corrected chi connectivity index (χ3v) is 5.52. The van der Waals surface area contributed by atoms with Crippen LogP contribution in [-0.2, 0) is 22.7 Å². The standard InChI is InChI=1S/C22H30N2O2S/c1-4-9-21(25)23(13-5-2)17-22(26)24(15-19-10-7-6-8-11-19)16-20-18(3)12-14-27-20/h6-8,10-12,14H,4-5,9,13,15-17H2,1-3H3. The van der Waals surface area contributed by atoms with Crippen LogP contribution < -0.4 is 0 Å². The van der Waals surface area contributed by atoms with Crippen LogP contribution in [0.5, 0.6) is 0 Å². The Bertz CT molecular complexity index is 727. The van der Waals surface area contributed by atoms with Crippen molar-refractivity contribution in [1.29, 1.82) is 0 Å². The smallest absolute Gasteiger partial charge is 0.242 e. The summed E-state index contributed by atoms with van der Waals surface area (Å²) in [7, 11) is 0. The van der Waals surface area contributed by atoms with Crippen molar-refractivity contribution in [2.75, 3.05) is 13.1 Å². The average Bonchev–Trinajstić information content (AvgIpc) is 3.06. The predicted molar refractivity (Wildman–Crippen MR) is 112 cm³/mol. The van der Waals surface area contributed by atoms with E-state index < -0.39 is 0 Å². The predicted octanol–water partition coefficient (Wildman–Crippen LogP) is 4.62. The minimum atomic E-state index is 0.00422. The molecule has 1 heterocycles. The molecule has 0 saturated carbocycles. The van der Waals surface area contributed by atoms with Gasteiger partial charge in [0, 0.05) is 24.4 Å². The van der Waals surface area contributed by atoms with Gasteiger partial charge in [-0.15, -0.1) is 11.3 Å². The zero-order valence-corrected chi connectivity index (χ0v) is 17.4. The number of carbonyl (C=O) groups is 2. The largest absolute Gasteiger partial charge is 0.333 e. The van der Waals surface area contributed by atoms with E-state index in [0.717, 1.165) is 18.4 Å². The molecule has 0 fully saturated rings. The molecule has 27 heavy (non-hydrogen) atoms. The summed E-state index contributed by atoms with van der Waals surface area (Å²) >= 11 is 1.67. The van der Waals surface area contributed by atoms with Crippen LogP contribution in [0.1, 0.15) is 49.1 Å². The molecule has 146 valence electrons. The van der Waals surface area contributed by atoms with Crippen molar-refractivity contribution in [2.45, 2.75) is 53.1 Å². The number of hydrogen-bond acceptors (Lipinski definition) is 3. The third-order valence-electron chi connectivity index (χ3n) is 4.51. The van der Waals surface area contributed by atoms with E-state index in [-0.39, 0.29) is 18.4 Å². The molecule has 0 unspecified atom stereocenters. The Morgan fingerprint density at radius 2 is 1.67 bits per heavy atom. The summed E-state index contributed by atoms with van der Waals surface area (Å²) in [5.74, 6) is 0.0734. The lowest BCUT2D eigenvalue weighted by atomic mass is 10.2. The van der Waals surface area contributed by atoms with Crippen LogP contribution in [0.4, 0.5) is 0 Å². The molecule has 0 saturated heterocycles. The highest BCUT2D eigenvalue weighted by Crippen LogP contribution is 2.19. The molecule has 1 aromatic heterocycles. The van der Waals surface area contributed by atoms with Crippen LogP contribution >= 0.6 is 11.3 Å². The highest BCUT2D eigenvalue weighted by molar-refractivity contribution is 7.10. The Hall–Kier alpha value is -2.14. The van der Waals surface area contributed by atoms with Crippen LogP contribution in [-0.4, -0.2) is 34.7 Å². The summed E-state index contributed by atoms with van der Waals surface area (Å²) < 4.78 is 0. The molecular weight excluding hydrogens is 356 g/mol. The highest BCUT2D eigenvalue weighted by Gasteiger charge is 2.21. The lowest BCUT2D eigenvalue weighted by Gasteiger charge is -2.27. The van der Waals surface area contributed by atoms with Gasteiger partial charge in [-0.1, -0.05) is 44.2 Å². The van der Waals surface area contributed by atoms with E-state index in [4.69, 9.17) is 0 Å². The van der Waals surface area contributed by atoms with Gasteiger partial charge in [0.1, 0.15) is 0 Å². The molecule has 0 radical (unpaired) electrons. The highest BCUT2D eigenvalue weighted by atomic mass is 32.1. The van der Waals surface area contributed by atoms with E-state index in [2.05, 4.69) is 18.4 Å². The fourth-order valence-electron chi connectivity index (χ4n) is 2.97. The topological polar surface area (TPSA) is 40.6 Å². The molecule has 0 bridgehead atoms. The van der Waals surface area contributed by atoms with Crippen LogP contribution in [0.3, 0.4) is 0 Å². The van der Waals surface area contributed by atoms with Gasteiger partial charge < -0.3 is 9.80 Å². The quantitative estimate of drug-likeness (QED) is 0.598. The summed E-state index contributed by atoms with van der Waals surface area (Å²) in [4.78, 5) is 30.3. The molecule has 2 aromatic rings. The van der Waals surface area contributed by atoms with Gasteiger partial charge in [-0.25, -0.2) is 0 Å². The molecule has 2 amide bonds. The van der Waals surface area contributed by atoms with Gasteiger partial charge in [-0.2, -0.15) is 0 Å². The molecular formula is C22H30N2O2S. The fraction of sp³-hybridized carbons (Fsp3) is 0.455. The Morgan fingerprint density at radius 1 is 0.926 bits per heavy atom. The molecule has 2 rings (SSSR count). The van der Waals surface area contributed by atoms with E-state index in [1.165, 1.54) is 10.4 Å². The van der Waals surface area contributed by atoms with Crippen molar-refractivity contribution >= 4 is 23.2 Å². The number of amides is 2. The van der Waals surface area contributed by atoms with Crippen molar-refractivity contribution < 1.29 is 9.59 Å². The van der Waals surface area contributed by atoms with Crippen LogP contribution in [0.2, 0.25) is 0 Å². The number of carbonyl (C=O) groups excluding carboxylic acids is 2. The van der Waals surface area contributed by atoms with Crippen molar-refractivity contribution in [3.05, 3.63) is 57.8 Å².